The maximum atomic E-state index is 3.01. The molecule has 0 nitrogen and oxygen atoms in total. The van der Waals surface area contributed by atoms with Crippen LogP contribution in [0.3, 0.4) is 0 Å². The molecule has 0 spiro atoms. The molecule has 0 amide bonds. The summed E-state index contributed by atoms with van der Waals surface area (Å²) < 4.78 is 0. The summed E-state index contributed by atoms with van der Waals surface area (Å²) in [5, 5.41) is 0. The normalized spacial score (nSPS) is 9.70. The maximum absolute atomic E-state index is 3.01. The lowest BCUT2D eigenvalue weighted by Gasteiger charge is -1.96. The van der Waals surface area contributed by atoms with E-state index in [9.17, 15) is 0 Å². The Labute approximate surface area is 62.9 Å². The van der Waals surface area contributed by atoms with Crippen molar-refractivity contribution in [3.63, 3.8) is 0 Å². The number of hydrogen-bond acceptors (Lipinski definition) is 0. The molecule has 0 N–H and O–H groups in total. The summed E-state index contributed by atoms with van der Waals surface area (Å²) in [5.74, 6) is 0. The fraction of sp³-hybridized carbons (Fsp3) is 0.400. The second-order valence-corrected chi connectivity index (χ2v) is 2.51. The zero-order valence-corrected chi connectivity index (χ0v) is 6.43. The van der Waals surface area contributed by atoms with Crippen molar-refractivity contribution in [2.24, 2.45) is 0 Å². The van der Waals surface area contributed by atoms with E-state index in [-0.39, 0.29) is 0 Å². The fourth-order valence-electron chi connectivity index (χ4n) is 0.969. The van der Waals surface area contributed by atoms with Crippen molar-refractivity contribution >= 4 is 0 Å². The smallest absolute Gasteiger partial charge is 0.0184 e. The lowest BCUT2D eigenvalue weighted by Crippen LogP contribution is -1.81. The van der Waals surface area contributed by atoms with Crippen LogP contribution in [-0.2, 0) is 6.42 Å². The Morgan fingerprint density at radius 3 is 2.60 bits per heavy atom. The van der Waals surface area contributed by atoms with E-state index in [2.05, 4.69) is 25.1 Å². The van der Waals surface area contributed by atoms with E-state index >= 15 is 0 Å². The van der Waals surface area contributed by atoms with Gasteiger partial charge >= 0.3 is 0 Å². The molecule has 53 valence electrons. The van der Waals surface area contributed by atoms with Crippen molar-refractivity contribution in [1.29, 1.82) is 0 Å². The van der Waals surface area contributed by atoms with Gasteiger partial charge in [-0.3, -0.25) is 0 Å². The molecule has 0 heterocycles. The van der Waals surface area contributed by atoms with E-state index in [4.69, 9.17) is 0 Å². The van der Waals surface area contributed by atoms with E-state index in [0.717, 1.165) is 0 Å². The Kier molecular flexibility index (Phi) is 3.01. The van der Waals surface area contributed by atoms with Crippen molar-refractivity contribution in [3.05, 3.63) is 35.9 Å². The highest BCUT2D eigenvalue weighted by molar-refractivity contribution is 5.13. The van der Waals surface area contributed by atoms with E-state index in [0.29, 0.717) is 0 Å². The van der Waals surface area contributed by atoms with Gasteiger partial charge in [-0.15, -0.1) is 0 Å². The molecular formula is C10H13. The van der Waals surface area contributed by atoms with Gasteiger partial charge in [0, 0.05) is 0 Å². The molecule has 1 aromatic rings. The Balaban J connectivity index is 2.43. The average molecular weight is 133 g/mol. The quantitative estimate of drug-likeness (QED) is 0.594. The molecule has 0 saturated carbocycles. The second kappa shape index (κ2) is 4.10. The third kappa shape index (κ3) is 2.22. The largest absolute Gasteiger partial charge is 0.0654 e. The van der Waals surface area contributed by atoms with Crippen LogP contribution in [0, 0.1) is 6.07 Å². The van der Waals surface area contributed by atoms with Crippen LogP contribution in [-0.4, -0.2) is 0 Å². The van der Waals surface area contributed by atoms with Gasteiger partial charge in [-0.25, -0.2) is 0 Å². The minimum Gasteiger partial charge on any atom is -0.0654 e. The van der Waals surface area contributed by atoms with E-state index < -0.39 is 0 Å². The molecule has 10 heavy (non-hydrogen) atoms. The van der Waals surface area contributed by atoms with Crippen LogP contribution in [0.4, 0.5) is 0 Å². The highest BCUT2D eigenvalue weighted by Gasteiger charge is 1.87. The molecule has 0 aromatic heterocycles. The van der Waals surface area contributed by atoms with Crippen LogP contribution in [0.5, 0.6) is 0 Å². The third-order valence-electron chi connectivity index (χ3n) is 1.61. The SMILES string of the molecule is CCCCc1cc[c]cc1. The summed E-state index contributed by atoms with van der Waals surface area (Å²) in [6.07, 6.45) is 3.79. The Morgan fingerprint density at radius 2 is 2.00 bits per heavy atom. The van der Waals surface area contributed by atoms with Crippen LogP contribution in [0.25, 0.3) is 0 Å². The first-order chi connectivity index (χ1) is 4.93. The number of aryl methyl sites for hydroxylation is 1. The zero-order valence-electron chi connectivity index (χ0n) is 6.43. The third-order valence-corrected chi connectivity index (χ3v) is 1.61. The van der Waals surface area contributed by atoms with Gasteiger partial charge in [-0.2, -0.15) is 0 Å². The molecule has 1 rings (SSSR count). The van der Waals surface area contributed by atoms with Gasteiger partial charge in [0.25, 0.3) is 0 Å². The summed E-state index contributed by atoms with van der Waals surface area (Å²) >= 11 is 0. The van der Waals surface area contributed by atoms with Gasteiger partial charge in [0.2, 0.25) is 0 Å². The van der Waals surface area contributed by atoms with Crippen LogP contribution in [0.2, 0.25) is 0 Å². The summed E-state index contributed by atoms with van der Waals surface area (Å²) in [4.78, 5) is 0. The van der Waals surface area contributed by atoms with Gasteiger partial charge < -0.3 is 0 Å². The first-order valence-electron chi connectivity index (χ1n) is 3.88. The van der Waals surface area contributed by atoms with Crippen molar-refractivity contribution in [2.45, 2.75) is 26.2 Å². The number of benzene rings is 1. The molecule has 1 radical (unpaired) electrons. The predicted octanol–water partition coefficient (Wildman–Crippen LogP) is 2.83. The van der Waals surface area contributed by atoms with Crippen molar-refractivity contribution in [2.75, 3.05) is 0 Å². The van der Waals surface area contributed by atoms with Crippen LogP contribution in [0.1, 0.15) is 25.3 Å². The van der Waals surface area contributed by atoms with Crippen LogP contribution < -0.4 is 0 Å². The first-order valence-corrected chi connectivity index (χ1v) is 3.88. The second-order valence-electron chi connectivity index (χ2n) is 2.51. The Bertz CT molecular complexity index is 165. The molecule has 0 heteroatoms. The topological polar surface area (TPSA) is 0 Å². The molecule has 0 fully saturated rings. The fourth-order valence-corrected chi connectivity index (χ4v) is 0.969. The lowest BCUT2D eigenvalue weighted by molar-refractivity contribution is 0.795. The molecule has 0 aliphatic rings. The Hall–Kier alpha value is -0.780. The number of hydrogen-bond donors (Lipinski definition) is 0. The lowest BCUT2D eigenvalue weighted by atomic mass is 10.1. The molecule has 0 atom stereocenters. The summed E-state index contributed by atoms with van der Waals surface area (Å²) in [5.41, 5.74) is 1.43. The molecule has 0 aliphatic carbocycles. The molecular weight excluding hydrogens is 120 g/mol. The Morgan fingerprint density at radius 1 is 1.30 bits per heavy atom. The average Bonchev–Trinajstić information content (AvgIpc) is 2.03. The summed E-state index contributed by atoms with van der Waals surface area (Å²) in [7, 11) is 0. The molecule has 0 unspecified atom stereocenters. The van der Waals surface area contributed by atoms with Crippen molar-refractivity contribution < 1.29 is 0 Å². The van der Waals surface area contributed by atoms with Gasteiger partial charge in [-0.1, -0.05) is 37.6 Å². The van der Waals surface area contributed by atoms with Gasteiger partial charge in [-0.05, 0) is 24.5 Å². The van der Waals surface area contributed by atoms with Gasteiger partial charge in [0.15, 0.2) is 0 Å². The van der Waals surface area contributed by atoms with Crippen LogP contribution >= 0.6 is 0 Å². The molecule has 0 saturated heterocycles. The van der Waals surface area contributed by atoms with Gasteiger partial charge in [0.1, 0.15) is 0 Å². The zero-order chi connectivity index (χ0) is 7.23. The summed E-state index contributed by atoms with van der Waals surface area (Å²) in [6, 6.07) is 11.2. The highest BCUT2D eigenvalue weighted by atomic mass is 13.9. The van der Waals surface area contributed by atoms with E-state index in [1.54, 1.807) is 0 Å². The van der Waals surface area contributed by atoms with Gasteiger partial charge in [0.05, 0.1) is 0 Å². The predicted molar refractivity (Wildman–Crippen MR) is 43.9 cm³/mol. The van der Waals surface area contributed by atoms with E-state index in [1.165, 1.54) is 24.8 Å². The molecule has 0 bridgehead atoms. The number of rotatable bonds is 3. The first kappa shape index (κ1) is 7.33. The standard InChI is InChI=1S/C10H13/c1-2-3-7-10-8-5-4-6-9-10/h5-6,8-9H,2-3,7H2,1H3. The summed E-state index contributed by atoms with van der Waals surface area (Å²) in [6.45, 7) is 2.22. The van der Waals surface area contributed by atoms with E-state index in [1.807, 2.05) is 12.1 Å². The minimum atomic E-state index is 1.21. The minimum absolute atomic E-state index is 1.21. The van der Waals surface area contributed by atoms with Crippen molar-refractivity contribution in [3.8, 4) is 0 Å². The van der Waals surface area contributed by atoms with Crippen molar-refractivity contribution in [1.82, 2.24) is 0 Å². The molecule has 1 aromatic carbocycles. The maximum Gasteiger partial charge on any atom is -0.0184 e. The number of unbranched alkanes of at least 4 members (excludes halogenated alkanes) is 1. The van der Waals surface area contributed by atoms with Crippen LogP contribution in [0.15, 0.2) is 24.3 Å². The monoisotopic (exact) mass is 133 g/mol. The highest BCUT2D eigenvalue weighted by Crippen LogP contribution is 2.02. The molecule has 0 aliphatic heterocycles.